The van der Waals surface area contributed by atoms with Crippen LogP contribution < -0.4 is 0 Å². The van der Waals surface area contributed by atoms with Gasteiger partial charge in [-0.25, -0.2) is 0 Å². The summed E-state index contributed by atoms with van der Waals surface area (Å²) >= 11 is 0. The Kier molecular flexibility index (Phi) is 1.47. The summed E-state index contributed by atoms with van der Waals surface area (Å²) in [5, 5.41) is 1.00. The minimum Gasteiger partial charge on any atom is -0.359 e. The van der Waals surface area contributed by atoms with Crippen LogP contribution in [-0.4, -0.2) is 11.3 Å². The molecule has 2 rings (SSSR count). The highest BCUT2D eigenvalue weighted by molar-refractivity contribution is 5.97. The summed E-state index contributed by atoms with van der Waals surface area (Å²) in [7, 11) is 0. The first-order chi connectivity index (χ1) is 5.81. The number of fused-ring (bicyclic) bond motifs is 1. The molecule has 0 fully saturated rings. The van der Waals surface area contributed by atoms with Gasteiger partial charge in [0.25, 0.3) is 0 Å². The van der Waals surface area contributed by atoms with Crippen LogP contribution in [0.25, 0.3) is 10.9 Å². The fraction of sp³-hybridized carbons (Fsp3) is 0.100. The number of aldehydes is 1. The van der Waals surface area contributed by atoms with E-state index in [2.05, 4.69) is 4.98 Å². The lowest BCUT2D eigenvalue weighted by Crippen LogP contribution is -1.78. The van der Waals surface area contributed by atoms with Gasteiger partial charge in [0.15, 0.2) is 6.29 Å². The normalized spacial score (nSPS) is 10.4. The number of carbonyl (C=O) groups is 1. The zero-order valence-corrected chi connectivity index (χ0v) is 6.79. The van der Waals surface area contributed by atoms with E-state index in [1.807, 2.05) is 31.2 Å². The molecule has 0 aliphatic rings. The Morgan fingerprint density at radius 2 is 2.25 bits per heavy atom. The van der Waals surface area contributed by atoms with Crippen LogP contribution in [0.3, 0.4) is 0 Å². The van der Waals surface area contributed by atoms with Crippen LogP contribution in [0.5, 0.6) is 0 Å². The first-order valence-corrected chi connectivity index (χ1v) is 3.85. The SMILES string of the molecule is Cc1cc2c(C=O)cccc2[nH]1. The zero-order chi connectivity index (χ0) is 8.55. The highest BCUT2D eigenvalue weighted by atomic mass is 16.1. The van der Waals surface area contributed by atoms with Gasteiger partial charge < -0.3 is 4.98 Å². The Bertz CT molecular complexity index is 428. The zero-order valence-electron chi connectivity index (χ0n) is 6.79. The molecule has 2 nitrogen and oxygen atoms in total. The Hall–Kier alpha value is -1.57. The fourth-order valence-electron chi connectivity index (χ4n) is 1.42. The third-order valence-electron chi connectivity index (χ3n) is 1.96. The fourth-order valence-corrected chi connectivity index (χ4v) is 1.42. The average molecular weight is 159 g/mol. The lowest BCUT2D eigenvalue weighted by molar-refractivity contribution is 0.112. The third-order valence-corrected chi connectivity index (χ3v) is 1.96. The number of nitrogens with one attached hydrogen (secondary N) is 1. The maximum Gasteiger partial charge on any atom is 0.150 e. The van der Waals surface area contributed by atoms with Gasteiger partial charge in [0.05, 0.1) is 0 Å². The summed E-state index contributed by atoms with van der Waals surface area (Å²) in [6.07, 6.45) is 0.885. The van der Waals surface area contributed by atoms with E-state index in [4.69, 9.17) is 0 Å². The van der Waals surface area contributed by atoms with Crippen molar-refractivity contribution in [1.82, 2.24) is 4.98 Å². The third kappa shape index (κ3) is 0.925. The molecule has 1 aromatic carbocycles. The summed E-state index contributed by atoms with van der Waals surface area (Å²) in [4.78, 5) is 13.8. The number of benzene rings is 1. The van der Waals surface area contributed by atoms with Crippen LogP contribution in [0, 0.1) is 6.92 Å². The molecule has 60 valence electrons. The van der Waals surface area contributed by atoms with Gasteiger partial charge in [0.1, 0.15) is 0 Å². The van der Waals surface area contributed by atoms with Crippen molar-refractivity contribution in [1.29, 1.82) is 0 Å². The van der Waals surface area contributed by atoms with Crippen molar-refractivity contribution in [2.45, 2.75) is 6.92 Å². The Balaban J connectivity index is 2.86. The number of aromatic amines is 1. The standard InChI is InChI=1S/C10H9NO/c1-7-5-9-8(6-12)3-2-4-10(9)11-7/h2-6,11H,1H3. The van der Waals surface area contributed by atoms with E-state index in [1.165, 1.54) is 0 Å². The first kappa shape index (κ1) is 7.10. The molecule has 0 aliphatic heterocycles. The summed E-state index contributed by atoms with van der Waals surface area (Å²) in [6, 6.07) is 7.65. The van der Waals surface area contributed by atoms with Crippen molar-refractivity contribution in [3.05, 3.63) is 35.5 Å². The molecule has 1 N–H and O–H groups in total. The summed E-state index contributed by atoms with van der Waals surface area (Å²) in [5.74, 6) is 0. The van der Waals surface area contributed by atoms with Gasteiger partial charge in [0.2, 0.25) is 0 Å². The lowest BCUT2D eigenvalue weighted by atomic mass is 10.1. The molecule has 0 atom stereocenters. The van der Waals surface area contributed by atoms with E-state index in [-0.39, 0.29) is 0 Å². The molecule has 1 heterocycles. The molecule has 0 unspecified atom stereocenters. The Morgan fingerprint density at radius 1 is 1.42 bits per heavy atom. The minimum absolute atomic E-state index is 0.747. The largest absolute Gasteiger partial charge is 0.359 e. The lowest BCUT2D eigenvalue weighted by Gasteiger charge is -1.91. The molecule has 2 heteroatoms. The molecule has 0 amide bonds. The molecule has 0 bridgehead atoms. The molecule has 1 aromatic heterocycles. The minimum atomic E-state index is 0.747. The van der Waals surface area contributed by atoms with Gasteiger partial charge in [0, 0.05) is 22.2 Å². The highest BCUT2D eigenvalue weighted by Gasteiger charge is 2.00. The van der Waals surface area contributed by atoms with E-state index in [9.17, 15) is 4.79 Å². The van der Waals surface area contributed by atoms with Crippen molar-refractivity contribution in [2.24, 2.45) is 0 Å². The molecule has 0 radical (unpaired) electrons. The van der Waals surface area contributed by atoms with Gasteiger partial charge in [-0.1, -0.05) is 12.1 Å². The number of aromatic nitrogens is 1. The van der Waals surface area contributed by atoms with Crippen LogP contribution in [-0.2, 0) is 0 Å². The molecule has 0 saturated carbocycles. The molecule has 0 saturated heterocycles. The number of rotatable bonds is 1. The number of aryl methyl sites for hydroxylation is 1. The molecule has 0 aliphatic carbocycles. The molecule has 2 aromatic rings. The number of hydrogen-bond acceptors (Lipinski definition) is 1. The maximum absolute atomic E-state index is 10.6. The second kappa shape index (κ2) is 2.48. The van der Waals surface area contributed by atoms with Gasteiger partial charge in [-0.15, -0.1) is 0 Å². The molecular weight excluding hydrogens is 150 g/mol. The summed E-state index contributed by atoms with van der Waals surface area (Å²) < 4.78 is 0. The Labute approximate surface area is 70.2 Å². The summed E-state index contributed by atoms with van der Waals surface area (Å²) in [5.41, 5.74) is 2.85. The van der Waals surface area contributed by atoms with Crippen molar-refractivity contribution in [2.75, 3.05) is 0 Å². The van der Waals surface area contributed by atoms with E-state index in [0.717, 1.165) is 28.4 Å². The van der Waals surface area contributed by atoms with Gasteiger partial charge in [-0.2, -0.15) is 0 Å². The quantitative estimate of drug-likeness (QED) is 0.636. The second-order valence-corrected chi connectivity index (χ2v) is 2.88. The predicted molar refractivity (Wildman–Crippen MR) is 48.4 cm³/mol. The molecular formula is C10H9NO. The van der Waals surface area contributed by atoms with Gasteiger partial charge >= 0.3 is 0 Å². The van der Waals surface area contributed by atoms with Crippen molar-refractivity contribution >= 4 is 17.2 Å². The van der Waals surface area contributed by atoms with E-state index < -0.39 is 0 Å². The van der Waals surface area contributed by atoms with E-state index >= 15 is 0 Å². The molecule has 0 spiro atoms. The van der Waals surface area contributed by atoms with Crippen molar-refractivity contribution in [3.8, 4) is 0 Å². The maximum atomic E-state index is 10.6. The van der Waals surface area contributed by atoms with Crippen LogP contribution in [0.15, 0.2) is 24.3 Å². The van der Waals surface area contributed by atoms with Crippen LogP contribution in [0.2, 0.25) is 0 Å². The van der Waals surface area contributed by atoms with E-state index in [1.54, 1.807) is 0 Å². The summed E-state index contributed by atoms with van der Waals surface area (Å²) in [6.45, 7) is 1.98. The van der Waals surface area contributed by atoms with Crippen molar-refractivity contribution < 1.29 is 4.79 Å². The number of hydrogen-bond donors (Lipinski definition) is 1. The van der Waals surface area contributed by atoms with Crippen LogP contribution in [0.4, 0.5) is 0 Å². The smallest absolute Gasteiger partial charge is 0.150 e. The second-order valence-electron chi connectivity index (χ2n) is 2.88. The Morgan fingerprint density at radius 3 is 3.00 bits per heavy atom. The van der Waals surface area contributed by atoms with Crippen LogP contribution in [0.1, 0.15) is 16.1 Å². The van der Waals surface area contributed by atoms with Crippen molar-refractivity contribution in [3.63, 3.8) is 0 Å². The monoisotopic (exact) mass is 159 g/mol. The molecule has 12 heavy (non-hydrogen) atoms. The first-order valence-electron chi connectivity index (χ1n) is 3.85. The van der Waals surface area contributed by atoms with Crippen LogP contribution >= 0.6 is 0 Å². The van der Waals surface area contributed by atoms with Gasteiger partial charge in [-0.3, -0.25) is 4.79 Å². The van der Waals surface area contributed by atoms with E-state index in [0.29, 0.717) is 0 Å². The number of carbonyl (C=O) groups excluding carboxylic acids is 1. The topological polar surface area (TPSA) is 32.9 Å². The average Bonchev–Trinajstić information content (AvgIpc) is 2.44. The highest BCUT2D eigenvalue weighted by Crippen LogP contribution is 2.17. The number of H-pyrrole nitrogens is 1. The predicted octanol–water partition coefficient (Wildman–Crippen LogP) is 2.29. The van der Waals surface area contributed by atoms with Gasteiger partial charge in [-0.05, 0) is 19.1 Å².